The van der Waals surface area contributed by atoms with Gasteiger partial charge in [0, 0.05) is 19.1 Å². The second-order valence-electron chi connectivity index (χ2n) is 5.26. The molecule has 1 unspecified atom stereocenters. The lowest BCUT2D eigenvalue weighted by atomic mass is 10.1. The standard InChI is InChI=1S/C11H23N3O2.ClH/c1-11(2,3)16-10(15)14-7-4-5-9(13-12)6-8-14;/h9,13H,4-8,12H2,1-3H3;1H. The van der Waals surface area contributed by atoms with Gasteiger partial charge < -0.3 is 9.64 Å². The Morgan fingerprint density at radius 3 is 2.53 bits per heavy atom. The van der Waals surface area contributed by atoms with E-state index in [1.165, 1.54) is 0 Å². The first-order chi connectivity index (χ1) is 7.42. The molecule has 1 atom stereocenters. The Morgan fingerprint density at radius 1 is 1.35 bits per heavy atom. The second kappa shape index (κ2) is 7.03. The zero-order valence-corrected chi connectivity index (χ0v) is 11.7. The van der Waals surface area contributed by atoms with Crippen molar-refractivity contribution < 1.29 is 9.53 Å². The van der Waals surface area contributed by atoms with E-state index >= 15 is 0 Å². The van der Waals surface area contributed by atoms with Crippen molar-refractivity contribution in [3.8, 4) is 0 Å². The van der Waals surface area contributed by atoms with E-state index in [1.807, 2.05) is 20.8 Å². The van der Waals surface area contributed by atoms with Crippen LogP contribution in [0.25, 0.3) is 0 Å². The minimum Gasteiger partial charge on any atom is -0.444 e. The minimum absolute atomic E-state index is 0. The number of carbonyl (C=O) groups excluding carboxylic acids is 1. The van der Waals surface area contributed by atoms with Crippen molar-refractivity contribution in [2.24, 2.45) is 5.84 Å². The van der Waals surface area contributed by atoms with Gasteiger partial charge in [0.2, 0.25) is 0 Å². The zero-order valence-electron chi connectivity index (χ0n) is 10.9. The van der Waals surface area contributed by atoms with Crippen LogP contribution >= 0.6 is 12.4 Å². The summed E-state index contributed by atoms with van der Waals surface area (Å²) < 4.78 is 5.34. The average molecular weight is 266 g/mol. The third kappa shape index (κ3) is 6.10. The summed E-state index contributed by atoms with van der Waals surface area (Å²) in [5.41, 5.74) is 2.35. The molecule has 0 aromatic carbocycles. The summed E-state index contributed by atoms with van der Waals surface area (Å²) in [7, 11) is 0. The zero-order chi connectivity index (χ0) is 12.2. The van der Waals surface area contributed by atoms with E-state index in [-0.39, 0.29) is 18.5 Å². The topological polar surface area (TPSA) is 67.6 Å². The van der Waals surface area contributed by atoms with E-state index in [4.69, 9.17) is 10.6 Å². The summed E-state index contributed by atoms with van der Waals surface area (Å²) in [6.07, 6.45) is 2.64. The fraction of sp³-hybridized carbons (Fsp3) is 0.909. The van der Waals surface area contributed by atoms with Gasteiger partial charge in [-0.3, -0.25) is 11.3 Å². The van der Waals surface area contributed by atoms with Crippen molar-refractivity contribution >= 4 is 18.5 Å². The Labute approximate surface area is 109 Å². The summed E-state index contributed by atoms with van der Waals surface area (Å²) in [6.45, 7) is 7.11. The molecule has 0 aromatic rings. The smallest absolute Gasteiger partial charge is 0.410 e. The highest BCUT2D eigenvalue weighted by Gasteiger charge is 2.24. The van der Waals surface area contributed by atoms with Crippen LogP contribution in [0.5, 0.6) is 0 Å². The van der Waals surface area contributed by atoms with E-state index < -0.39 is 5.60 Å². The molecule has 0 aromatic heterocycles. The number of amides is 1. The number of carbonyl (C=O) groups is 1. The molecule has 0 bridgehead atoms. The summed E-state index contributed by atoms with van der Waals surface area (Å²) in [6, 6.07) is 0.312. The number of nitrogens with two attached hydrogens (primary N) is 1. The third-order valence-electron chi connectivity index (χ3n) is 2.62. The average Bonchev–Trinajstić information content (AvgIpc) is 2.39. The second-order valence-corrected chi connectivity index (χ2v) is 5.26. The molecular formula is C11H24ClN3O2. The van der Waals surface area contributed by atoms with Gasteiger partial charge in [-0.2, -0.15) is 0 Å². The van der Waals surface area contributed by atoms with Gasteiger partial charge in [0.25, 0.3) is 0 Å². The monoisotopic (exact) mass is 265 g/mol. The molecule has 0 spiro atoms. The third-order valence-corrected chi connectivity index (χ3v) is 2.62. The molecule has 3 N–H and O–H groups in total. The van der Waals surface area contributed by atoms with Crippen molar-refractivity contribution in [3.05, 3.63) is 0 Å². The molecule has 1 fully saturated rings. The summed E-state index contributed by atoms with van der Waals surface area (Å²) >= 11 is 0. The number of hydrogen-bond acceptors (Lipinski definition) is 4. The van der Waals surface area contributed by atoms with Gasteiger partial charge in [0.1, 0.15) is 5.60 Å². The fourth-order valence-corrected chi connectivity index (χ4v) is 1.77. The largest absolute Gasteiger partial charge is 0.444 e. The van der Waals surface area contributed by atoms with Crippen LogP contribution in [0.3, 0.4) is 0 Å². The number of hydrogen-bond donors (Lipinski definition) is 2. The van der Waals surface area contributed by atoms with Gasteiger partial charge in [0.05, 0.1) is 0 Å². The molecule has 0 aliphatic carbocycles. The van der Waals surface area contributed by atoms with Gasteiger partial charge in [-0.25, -0.2) is 4.79 Å². The van der Waals surface area contributed by atoms with E-state index in [1.54, 1.807) is 4.90 Å². The van der Waals surface area contributed by atoms with Crippen molar-refractivity contribution in [1.29, 1.82) is 0 Å². The Balaban J connectivity index is 0.00000256. The predicted molar refractivity (Wildman–Crippen MR) is 70.0 cm³/mol. The van der Waals surface area contributed by atoms with Crippen molar-refractivity contribution in [3.63, 3.8) is 0 Å². The van der Waals surface area contributed by atoms with Crippen molar-refractivity contribution in [2.75, 3.05) is 13.1 Å². The Bertz CT molecular complexity index is 243. The molecule has 1 heterocycles. The molecule has 0 radical (unpaired) electrons. The highest BCUT2D eigenvalue weighted by atomic mass is 35.5. The highest BCUT2D eigenvalue weighted by Crippen LogP contribution is 2.14. The van der Waals surface area contributed by atoms with Gasteiger partial charge in [0.15, 0.2) is 0 Å². The maximum absolute atomic E-state index is 11.8. The lowest BCUT2D eigenvalue weighted by Gasteiger charge is -2.26. The SMILES string of the molecule is CC(C)(C)OC(=O)N1CCCC(NN)CC1.Cl. The lowest BCUT2D eigenvalue weighted by Crippen LogP contribution is -2.39. The fourth-order valence-electron chi connectivity index (χ4n) is 1.77. The number of hydrazine groups is 1. The molecule has 17 heavy (non-hydrogen) atoms. The molecule has 5 nitrogen and oxygen atoms in total. The maximum Gasteiger partial charge on any atom is 0.410 e. The minimum atomic E-state index is -0.422. The molecule has 1 aliphatic heterocycles. The highest BCUT2D eigenvalue weighted by molar-refractivity contribution is 5.85. The van der Waals surface area contributed by atoms with E-state index in [0.29, 0.717) is 12.6 Å². The van der Waals surface area contributed by atoms with E-state index in [9.17, 15) is 4.79 Å². The Kier molecular flexibility index (Phi) is 6.82. The van der Waals surface area contributed by atoms with Crippen LogP contribution in [0.15, 0.2) is 0 Å². The van der Waals surface area contributed by atoms with Gasteiger partial charge >= 0.3 is 6.09 Å². The van der Waals surface area contributed by atoms with Crippen LogP contribution in [0.2, 0.25) is 0 Å². The number of nitrogens with one attached hydrogen (secondary N) is 1. The maximum atomic E-state index is 11.8. The quantitative estimate of drug-likeness (QED) is 0.559. The Hall–Kier alpha value is -0.520. The molecule has 1 aliphatic rings. The molecule has 1 rings (SSSR count). The molecule has 102 valence electrons. The van der Waals surface area contributed by atoms with Crippen LogP contribution in [-0.2, 0) is 4.74 Å². The first kappa shape index (κ1) is 16.5. The van der Waals surface area contributed by atoms with E-state index in [0.717, 1.165) is 25.8 Å². The van der Waals surface area contributed by atoms with Crippen LogP contribution in [0.1, 0.15) is 40.0 Å². The van der Waals surface area contributed by atoms with Crippen LogP contribution in [-0.4, -0.2) is 35.7 Å². The summed E-state index contributed by atoms with van der Waals surface area (Å²) in [5.74, 6) is 5.41. The number of ether oxygens (including phenoxy) is 1. The first-order valence-electron chi connectivity index (χ1n) is 5.86. The molecule has 1 saturated heterocycles. The van der Waals surface area contributed by atoms with Gasteiger partial charge in [-0.15, -0.1) is 12.4 Å². The van der Waals surface area contributed by atoms with Crippen molar-refractivity contribution in [2.45, 2.75) is 51.7 Å². The van der Waals surface area contributed by atoms with E-state index in [2.05, 4.69) is 5.43 Å². The number of rotatable bonds is 1. The number of halogens is 1. The van der Waals surface area contributed by atoms with Crippen LogP contribution < -0.4 is 11.3 Å². The van der Waals surface area contributed by atoms with Crippen LogP contribution in [0.4, 0.5) is 4.79 Å². The molecule has 6 heteroatoms. The number of nitrogens with zero attached hydrogens (tertiary/aromatic N) is 1. The van der Waals surface area contributed by atoms with Crippen LogP contribution in [0, 0.1) is 0 Å². The van der Waals surface area contributed by atoms with Gasteiger partial charge in [-0.1, -0.05) is 0 Å². The first-order valence-corrected chi connectivity index (χ1v) is 5.86. The lowest BCUT2D eigenvalue weighted by molar-refractivity contribution is 0.0256. The predicted octanol–water partition coefficient (Wildman–Crippen LogP) is 1.66. The summed E-state index contributed by atoms with van der Waals surface area (Å²) in [5, 5.41) is 0. The van der Waals surface area contributed by atoms with Crippen molar-refractivity contribution in [1.82, 2.24) is 10.3 Å². The molecule has 0 saturated carbocycles. The molecular weight excluding hydrogens is 242 g/mol. The Morgan fingerprint density at radius 2 is 2.00 bits per heavy atom. The van der Waals surface area contributed by atoms with Gasteiger partial charge in [-0.05, 0) is 40.0 Å². The normalized spacial score (nSPS) is 21.4. The molecule has 1 amide bonds. The number of likely N-dealkylation sites (tertiary alicyclic amines) is 1. The summed E-state index contributed by atoms with van der Waals surface area (Å²) in [4.78, 5) is 13.6.